The van der Waals surface area contributed by atoms with Gasteiger partial charge in [-0.3, -0.25) is 4.99 Å². The van der Waals surface area contributed by atoms with Crippen LogP contribution in [-0.2, 0) is 38.5 Å². The smallest absolute Gasteiger partial charge is 0.161 e. The maximum atomic E-state index is 12.0. The van der Waals surface area contributed by atoms with Gasteiger partial charge in [0.2, 0.25) is 0 Å². The third-order valence-electron chi connectivity index (χ3n) is 11.5. The van der Waals surface area contributed by atoms with Crippen molar-refractivity contribution in [3.63, 3.8) is 0 Å². The van der Waals surface area contributed by atoms with Crippen molar-refractivity contribution in [3.8, 4) is 39.9 Å². The number of nitrogens with zero attached hydrogens (tertiary/aromatic N) is 1. The molecule has 0 radical (unpaired) electrons. The molecule has 5 aromatic rings. The van der Waals surface area contributed by atoms with E-state index in [1.807, 2.05) is 36.4 Å². The number of aromatic hydroxyl groups is 2. The van der Waals surface area contributed by atoms with E-state index in [-0.39, 0.29) is 30.1 Å². The maximum absolute atomic E-state index is 12.0. The fraction of sp³-hybridized carbons (Fsp3) is 0.311. The molecule has 8 nitrogen and oxygen atoms in total. The van der Waals surface area contributed by atoms with Crippen molar-refractivity contribution in [1.29, 1.82) is 0 Å². The first-order valence-corrected chi connectivity index (χ1v) is 18.6. The molecule has 1 aliphatic carbocycles. The summed E-state index contributed by atoms with van der Waals surface area (Å²) in [5.74, 6) is 2.15. The average molecular weight is 710 g/mol. The van der Waals surface area contributed by atoms with E-state index < -0.39 is 12.2 Å². The van der Waals surface area contributed by atoms with Crippen molar-refractivity contribution in [2.45, 2.75) is 69.2 Å². The average Bonchev–Trinajstić information content (AvgIpc) is 3.66. The Morgan fingerprint density at radius 3 is 2.55 bits per heavy atom. The van der Waals surface area contributed by atoms with Crippen molar-refractivity contribution in [2.75, 3.05) is 20.3 Å². The van der Waals surface area contributed by atoms with Gasteiger partial charge in [-0.05, 0) is 125 Å². The van der Waals surface area contributed by atoms with Crippen LogP contribution in [-0.4, -0.2) is 52.9 Å². The number of aryl methyl sites for hydroxylation is 2. The van der Waals surface area contributed by atoms with Crippen LogP contribution in [0.3, 0.4) is 0 Å². The van der Waals surface area contributed by atoms with Gasteiger partial charge >= 0.3 is 0 Å². The van der Waals surface area contributed by atoms with Crippen LogP contribution < -0.4 is 24.8 Å². The largest absolute Gasteiger partial charge is 0.508 e. The predicted molar refractivity (Wildman–Crippen MR) is 202 cm³/mol. The second-order valence-electron chi connectivity index (χ2n) is 14.8. The van der Waals surface area contributed by atoms with Gasteiger partial charge in [-0.2, -0.15) is 0 Å². The third kappa shape index (κ3) is 6.00. The lowest BCUT2D eigenvalue weighted by molar-refractivity contribution is 0.0180. The molecule has 0 spiro atoms. The van der Waals surface area contributed by atoms with Gasteiger partial charge in [0, 0.05) is 23.1 Å². The molecule has 3 aliphatic heterocycles. The predicted octanol–water partition coefficient (Wildman–Crippen LogP) is 5.58. The lowest BCUT2D eigenvalue weighted by Crippen LogP contribution is -2.34. The molecule has 9 rings (SSSR count). The van der Waals surface area contributed by atoms with E-state index >= 15 is 0 Å². The van der Waals surface area contributed by atoms with Gasteiger partial charge in [0.05, 0.1) is 31.7 Å². The zero-order valence-corrected chi connectivity index (χ0v) is 29.7. The molecule has 0 fully saturated rings. The number of hydrogen-bond donors (Lipinski definition) is 4. The van der Waals surface area contributed by atoms with Crippen LogP contribution in [0.1, 0.15) is 63.0 Å². The molecule has 0 aromatic heterocycles. The number of aliphatic hydroxyl groups excluding tert-OH is 2. The highest BCUT2D eigenvalue weighted by atomic mass is 16.5. The standard InChI is InChI=1S/C45H43NO7/c1-51-40-21-30(19-28(42(40)50)9-7-25-5-3-2-4-6-25)43-39(49)23-37-36-20-29(18-26-8-14-38-27(17-26)15-16-46-38)35-22-31(48)10-12-33(35)41(36)45-34(44(37)53-43)13-11-32(24-47)52-45/h2-6,8,10,12,14-15,17,19,21-22,29,32,39,43,47-50H,7,9,11,13,16,18,20,23-24H2,1H3. The normalized spacial score (nSPS) is 20.7. The molecule has 53 heavy (non-hydrogen) atoms. The lowest BCUT2D eigenvalue weighted by Gasteiger charge is -2.40. The number of phenols is 2. The number of hydrogen-bond acceptors (Lipinski definition) is 8. The van der Waals surface area contributed by atoms with Crippen LogP contribution in [0.2, 0.25) is 0 Å². The fourth-order valence-electron chi connectivity index (χ4n) is 8.90. The van der Waals surface area contributed by atoms with Crippen LogP contribution >= 0.6 is 0 Å². The minimum absolute atomic E-state index is 0.0452. The van der Waals surface area contributed by atoms with E-state index in [0.29, 0.717) is 50.1 Å². The highest BCUT2D eigenvalue weighted by molar-refractivity contribution is 5.85. The Bertz CT molecular complexity index is 2350. The molecule has 4 aliphatic rings. The Kier molecular flexibility index (Phi) is 8.60. The highest BCUT2D eigenvalue weighted by Gasteiger charge is 2.41. The number of phenolic OH excluding ortho intramolecular Hbond substituents is 2. The van der Waals surface area contributed by atoms with Gasteiger partial charge in [-0.1, -0.05) is 48.5 Å². The van der Waals surface area contributed by atoms with Crippen LogP contribution in [0, 0.1) is 0 Å². The van der Waals surface area contributed by atoms with E-state index in [4.69, 9.17) is 14.2 Å². The van der Waals surface area contributed by atoms with Crippen LogP contribution in [0.5, 0.6) is 28.7 Å². The number of rotatable bonds is 8. The summed E-state index contributed by atoms with van der Waals surface area (Å²) in [6.07, 6.45) is 4.62. The molecule has 4 atom stereocenters. The summed E-state index contributed by atoms with van der Waals surface area (Å²) < 4.78 is 19.2. The molecule has 0 saturated carbocycles. The van der Waals surface area contributed by atoms with E-state index in [0.717, 1.165) is 79.2 Å². The summed E-state index contributed by atoms with van der Waals surface area (Å²) >= 11 is 0. The molecule has 0 saturated heterocycles. The number of methoxy groups -OCH3 is 1. The van der Waals surface area contributed by atoms with Gasteiger partial charge in [-0.25, -0.2) is 0 Å². The number of benzene rings is 5. The molecule has 0 amide bonds. The number of ether oxygens (including phenoxy) is 3. The summed E-state index contributed by atoms with van der Waals surface area (Å²) in [5.41, 5.74) is 9.83. The van der Waals surface area contributed by atoms with Gasteiger partial charge in [0.25, 0.3) is 0 Å². The van der Waals surface area contributed by atoms with E-state index in [1.54, 1.807) is 12.1 Å². The van der Waals surface area contributed by atoms with E-state index in [9.17, 15) is 20.4 Å². The van der Waals surface area contributed by atoms with Gasteiger partial charge < -0.3 is 34.6 Å². The first kappa shape index (κ1) is 33.5. The Hall–Kier alpha value is -5.31. The molecule has 4 N–H and O–H groups in total. The molecular weight excluding hydrogens is 666 g/mol. The fourth-order valence-corrected chi connectivity index (χ4v) is 8.90. The Balaban J connectivity index is 1.14. The summed E-state index contributed by atoms with van der Waals surface area (Å²) in [6.45, 7) is 0.604. The minimum Gasteiger partial charge on any atom is -0.508 e. The SMILES string of the molecule is COc1cc(C2Oc3c(c4c(c5c3CCC(CO)O5)-c3ccc(O)cc3C(Cc3ccc5c(c3)=CCN=5)C4)CC2O)cc(CCc2ccccc2)c1O. The lowest BCUT2D eigenvalue weighted by atomic mass is 9.72. The van der Waals surface area contributed by atoms with Crippen molar-refractivity contribution < 1.29 is 34.6 Å². The minimum atomic E-state index is -0.869. The van der Waals surface area contributed by atoms with Crippen LogP contribution in [0.4, 0.5) is 0 Å². The molecular formula is C45H43NO7. The van der Waals surface area contributed by atoms with E-state index in [2.05, 4.69) is 41.4 Å². The van der Waals surface area contributed by atoms with Crippen molar-refractivity contribution in [1.82, 2.24) is 0 Å². The highest BCUT2D eigenvalue weighted by Crippen LogP contribution is 2.56. The molecule has 0 bridgehead atoms. The Labute approximate surface area is 308 Å². The summed E-state index contributed by atoms with van der Waals surface area (Å²) in [4.78, 5) is 4.56. The van der Waals surface area contributed by atoms with Gasteiger partial charge in [0.1, 0.15) is 29.5 Å². The van der Waals surface area contributed by atoms with Crippen LogP contribution in [0.15, 0.2) is 83.9 Å². The second-order valence-corrected chi connectivity index (χ2v) is 14.8. The summed E-state index contributed by atoms with van der Waals surface area (Å²) in [5, 5.41) is 46.3. The second kappa shape index (κ2) is 13.6. The maximum Gasteiger partial charge on any atom is 0.161 e. The van der Waals surface area contributed by atoms with Gasteiger partial charge in [0.15, 0.2) is 11.5 Å². The Morgan fingerprint density at radius 2 is 1.72 bits per heavy atom. The molecule has 8 heteroatoms. The number of aliphatic hydroxyl groups is 2. The number of fused-ring (bicyclic) bond motifs is 9. The monoisotopic (exact) mass is 709 g/mol. The molecule has 270 valence electrons. The summed E-state index contributed by atoms with van der Waals surface area (Å²) in [6, 6.07) is 25.9. The first-order valence-electron chi connectivity index (χ1n) is 18.6. The van der Waals surface area contributed by atoms with Crippen molar-refractivity contribution >= 4 is 6.08 Å². The van der Waals surface area contributed by atoms with Crippen LogP contribution in [0.25, 0.3) is 17.2 Å². The summed E-state index contributed by atoms with van der Waals surface area (Å²) in [7, 11) is 1.54. The first-order chi connectivity index (χ1) is 25.9. The van der Waals surface area contributed by atoms with Crippen molar-refractivity contribution in [2.24, 2.45) is 4.99 Å². The molecule has 4 unspecified atom stereocenters. The van der Waals surface area contributed by atoms with E-state index in [1.165, 1.54) is 12.7 Å². The molecule has 3 heterocycles. The third-order valence-corrected chi connectivity index (χ3v) is 11.5. The van der Waals surface area contributed by atoms with Crippen molar-refractivity contribution in [3.05, 3.63) is 134 Å². The zero-order valence-electron chi connectivity index (χ0n) is 29.7. The van der Waals surface area contributed by atoms with Gasteiger partial charge in [-0.15, -0.1) is 0 Å². The quantitative estimate of drug-likeness (QED) is 0.166. The zero-order chi connectivity index (χ0) is 36.2. The Morgan fingerprint density at radius 1 is 0.849 bits per heavy atom. The topological polar surface area (TPSA) is 121 Å². The molecule has 5 aromatic carbocycles.